The Morgan fingerprint density at radius 2 is 1.84 bits per heavy atom. The summed E-state index contributed by atoms with van der Waals surface area (Å²) < 4.78 is 66.2. The molecule has 0 unspecified atom stereocenters. The molecule has 0 spiro atoms. The zero-order valence-electron chi connectivity index (χ0n) is 13.3. The largest absolute Gasteiger partial charge is 0.417 e. The van der Waals surface area contributed by atoms with E-state index in [0.717, 1.165) is 12.1 Å². The molecule has 0 bridgehead atoms. The second-order valence-electron chi connectivity index (χ2n) is 5.70. The number of hydrogen-bond acceptors (Lipinski definition) is 4. The van der Waals surface area contributed by atoms with Gasteiger partial charge in [0.15, 0.2) is 0 Å². The highest BCUT2D eigenvalue weighted by Crippen LogP contribution is 2.35. The first-order chi connectivity index (χ1) is 11.5. The molecule has 0 fully saturated rings. The summed E-state index contributed by atoms with van der Waals surface area (Å²) in [6.45, 7) is 3.70. The Hall–Kier alpha value is -1.65. The second-order valence-corrected chi connectivity index (χ2v) is 7.82. The van der Waals surface area contributed by atoms with Crippen LogP contribution in [-0.2, 0) is 22.7 Å². The topological polar surface area (TPSA) is 76.9 Å². The molecule has 1 heterocycles. The van der Waals surface area contributed by atoms with E-state index >= 15 is 0 Å². The molecule has 1 atom stereocenters. The normalized spacial score (nSPS) is 14.0. The van der Waals surface area contributed by atoms with Crippen LogP contribution in [0.4, 0.5) is 13.2 Å². The Morgan fingerprint density at radius 1 is 1.24 bits per heavy atom. The van der Waals surface area contributed by atoms with E-state index in [1.165, 1.54) is 17.2 Å². The summed E-state index contributed by atoms with van der Waals surface area (Å²) in [7, 11) is -4.18. The van der Waals surface area contributed by atoms with Gasteiger partial charge in [0.25, 0.3) is 0 Å². The number of aromatic nitrogens is 3. The first-order valence-electron chi connectivity index (χ1n) is 7.24. The lowest BCUT2D eigenvalue weighted by atomic mass is 10.1. The van der Waals surface area contributed by atoms with E-state index in [-0.39, 0.29) is 12.5 Å². The smallest absolute Gasteiger partial charge is 0.207 e. The second kappa shape index (κ2) is 7.30. The molecule has 0 aliphatic carbocycles. The van der Waals surface area contributed by atoms with Crippen LogP contribution >= 0.6 is 11.6 Å². The fourth-order valence-corrected chi connectivity index (χ4v) is 3.68. The van der Waals surface area contributed by atoms with Gasteiger partial charge >= 0.3 is 6.18 Å². The summed E-state index contributed by atoms with van der Waals surface area (Å²) in [6.07, 6.45) is -1.86. The van der Waals surface area contributed by atoms with E-state index in [9.17, 15) is 21.6 Å². The average molecular weight is 397 g/mol. The molecule has 0 radical (unpaired) electrons. The van der Waals surface area contributed by atoms with Crippen molar-refractivity contribution in [2.24, 2.45) is 5.92 Å². The Kier molecular flexibility index (Phi) is 5.75. The lowest BCUT2D eigenvalue weighted by molar-refractivity contribution is -0.137. The standard InChI is InChI=1S/C14H16ClF3N4O2S/c1-9(2)13(8-22-19-5-6-20-22)21-25(23,24)10-3-4-12(15)11(7-10)14(16,17)18/h3-7,9,13,21H,8H2,1-2H3/t13-/m1/s1. The molecule has 1 aromatic heterocycles. The quantitative estimate of drug-likeness (QED) is 0.814. The highest BCUT2D eigenvalue weighted by molar-refractivity contribution is 7.89. The fourth-order valence-electron chi connectivity index (χ4n) is 2.05. The Morgan fingerprint density at radius 3 is 2.36 bits per heavy atom. The minimum atomic E-state index is -4.75. The van der Waals surface area contributed by atoms with Crippen LogP contribution in [0.5, 0.6) is 0 Å². The molecule has 6 nitrogen and oxygen atoms in total. The molecule has 0 amide bonds. The van der Waals surface area contributed by atoms with Crippen molar-refractivity contribution in [2.45, 2.75) is 37.5 Å². The molecule has 0 aliphatic rings. The van der Waals surface area contributed by atoms with Crippen molar-refractivity contribution in [2.75, 3.05) is 0 Å². The molecule has 11 heteroatoms. The van der Waals surface area contributed by atoms with Crippen molar-refractivity contribution in [3.8, 4) is 0 Å². The van der Waals surface area contributed by atoms with E-state index in [2.05, 4.69) is 14.9 Å². The molecule has 138 valence electrons. The van der Waals surface area contributed by atoms with Gasteiger partial charge in [0, 0.05) is 6.04 Å². The van der Waals surface area contributed by atoms with Gasteiger partial charge in [-0.3, -0.25) is 0 Å². The van der Waals surface area contributed by atoms with Crippen LogP contribution in [0, 0.1) is 5.92 Å². The fraction of sp³-hybridized carbons (Fsp3) is 0.429. The molecule has 0 aliphatic heterocycles. The van der Waals surface area contributed by atoms with Crippen LogP contribution in [0.2, 0.25) is 5.02 Å². The lowest BCUT2D eigenvalue weighted by Crippen LogP contribution is -2.42. The zero-order chi connectivity index (χ0) is 18.8. The van der Waals surface area contributed by atoms with Gasteiger partial charge < -0.3 is 0 Å². The van der Waals surface area contributed by atoms with Crippen molar-refractivity contribution >= 4 is 21.6 Å². The van der Waals surface area contributed by atoms with Crippen molar-refractivity contribution in [3.63, 3.8) is 0 Å². The maximum absolute atomic E-state index is 12.9. The molecule has 2 aromatic rings. The van der Waals surface area contributed by atoms with Gasteiger partial charge in [0.1, 0.15) is 0 Å². The van der Waals surface area contributed by atoms with Gasteiger partial charge in [0.2, 0.25) is 10.0 Å². The van der Waals surface area contributed by atoms with E-state index < -0.39 is 37.7 Å². The maximum atomic E-state index is 12.9. The van der Waals surface area contributed by atoms with Gasteiger partial charge in [-0.05, 0) is 24.1 Å². The SMILES string of the molecule is CC(C)[C@@H](Cn1nccn1)NS(=O)(=O)c1ccc(Cl)c(C(F)(F)F)c1. The summed E-state index contributed by atoms with van der Waals surface area (Å²) in [6, 6.07) is 1.86. The summed E-state index contributed by atoms with van der Waals surface area (Å²) in [5.41, 5.74) is -1.20. The summed E-state index contributed by atoms with van der Waals surface area (Å²) in [4.78, 5) is 0.791. The Labute approximate surface area is 148 Å². The Balaban J connectivity index is 2.31. The van der Waals surface area contributed by atoms with Gasteiger partial charge in [-0.25, -0.2) is 13.1 Å². The molecule has 0 saturated heterocycles. The number of hydrogen-bond donors (Lipinski definition) is 1. The van der Waals surface area contributed by atoms with Gasteiger partial charge in [-0.2, -0.15) is 28.2 Å². The van der Waals surface area contributed by atoms with E-state index in [1.807, 2.05) is 0 Å². The molecular weight excluding hydrogens is 381 g/mol. The zero-order valence-corrected chi connectivity index (χ0v) is 14.9. The van der Waals surface area contributed by atoms with Crippen LogP contribution in [0.15, 0.2) is 35.5 Å². The van der Waals surface area contributed by atoms with E-state index in [4.69, 9.17) is 11.6 Å². The lowest BCUT2D eigenvalue weighted by Gasteiger charge is -2.22. The maximum Gasteiger partial charge on any atom is 0.417 e. The first kappa shape index (κ1) is 19.7. The third kappa shape index (κ3) is 4.93. The molecule has 25 heavy (non-hydrogen) atoms. The monoisotopic (exact) mass is 396 g/mol. The van der Waals surface area contributed by atoms with Crippen LogP contribution in [-0.4, -0.2) is 29.5 Å². The van der Waals surface area contributed by atoms with E-state index in [1.54, 1.807) is 13.8 Å². The number of sulfonamides is 1. The number of nitrogens with one attached hydrogen (secondary N) is 1. The highest BCUT2D eigenvalue weighted by Gasteiger charge is 2.35. The van der Waals surface area contributed by atoms with Crippen LogP contribution in [0.1, 0.15) is 19.4 Å². The van der Waals surface area contributed by atoms with Gasteiger partial charge in [0.05, 0.1) is 34.4 Å². The minimum Gasteiger partial charge on any atom is -0.207 e. The Bertz CT molecular complexity index is 823. The molecule has 1 aromatic carbocycles. The summed E-state index contributed by atoms with van der Waals surface area (Å²) in [5, 5.41) is 7.25. The third-order valence-electron chi connectivity index (χ3n) is 3.49. The molecule has 2 rings (SSSR count). The van der Waals surface area contributed by atoms with Crippen LogP contribution in [0.3, 0.4) is 0 Å². The third-order valence-corrected chi connectivity index (χ3v) is 5.31. The minimum absolute atomic E-state index is 0.142. The van der Waals surface area contributed by atoms with Gasteiger partial charge in [-0.15, -0.1) is 0 Å². The van der Waals surface area contributed by atoms with E-state index in [0.29, 0.717) is 6.07 Å². The molecule has 1 N–H and O–H groups in total. The number of alkyl halides is 3. The first-order valence-corrected chi connectivity index (χ1v) is 9.10. The van der Waals surface area contributed by atoms with Crippen LogP contribution in [0.25, 0.3) is 0 Å². The predicted molar refractivity (Wildman–Crippen MR) is 85.4 cm³/mol. The highest BCUT2D eigenvalue weighted by atomic mass is 35.5. The van der Waals surface area contributed by atoms with Crippen molar-refractivity contribution in [1.29, 1.82) is 0 Å². The summed E-state index contributed by atoms with van der Waals surface area (Å²) in [5.74, 6) is -0.143. The number of halogens is 4. The number of benzene rings is 1. The average Bonchev–Trinajstić information content (AvgIpc) is 2.98. The van der Waals surface area contributed by atoms with Crippen molar-refractivity contribution in [3.05, 3.63) is 41.2 Å². The van der Waals surface area contributed by atoms with Crippen molar-refractivity contribution < 1.29 is 21.6 Å². The number of nitrogens with zero attached hydrogens (tertiary/aromatic N) is 3. The predicted octanol–water partition coefficient (Wildman–Crippen LogP) is 2.95. The van der Waals surface area contributed by atoms with Gasteiger partial charge in [-0.1, -0.05) is 25.4 Å². The van der Waals surface area contributed by atoms with Crippen LogP contribution < -0.4 is 4.72 Å². The molecule has 0 saturated carbocycles. The summed E-state index contributed by atoms with van der Waals surface area (Å²) >= 11 is 5.53. The molecular formula is C14H16ClF3N4O2S. The van der Waals surface area contributed by atoms with Crippen molar-refractivity contribution in [1.82, 2.24) is 19.7 Å². The number of rotatable bonds is 6.